The summed E-state index contributed by atoms with van der Waals surface area (Å²) in [7, 11) is 0. The van der Waals surface area contributed by atoms with E-state index in [9.17, 15) is 19.5 Å². The fraction of sp³-hybridized carbons (Fsp3) is 0.270. The number of aromatic nitrogens is 12. The summed E-state index contributed by atoms with van der Waals surface area (Å²) >= 11 is 0. The molecule has 1 N–H and O–H groups in total. The number of carbonyl (C=O) groups excluding carboxylic acids is 3. The molecule has 0 saturated heterocycles. The van der Waals surface area contributed by atoms with Crippen molar-refractivity contribution in [2.24, 2.45) is 34.5 Å². The third-order valence-electron chi connectivity index (χ3n) is 21.6. The number of carbonyl (C=O) groups is 3. The molecule has 0 amide bonds. The average molecular weight is 1640 g/mol. The van der Waals surface area contributed by atoms with Crippen LogP contribution in [0.4, 0.5) is 0 Å². The Kier molecular flexibility index (Phi) is 27.7. The molecule has 19 nitrogen and oxygen atoms in total. The van der Waals surface area contributed by atoms with Crippen LogP contribution in [0.1, 0.15) is 87.5 Å². The quantitative estimate of drug-likeness (QED) is 0.0639. The number of aryl methyl sites for hydroxylation is 2. The molecule has 21 heteroatoms. The van der Waals surface area contributed by atoms with Crippen LogP contribution in [0.5, 0.6) is 0 Å². The van der Waals surface area contributed by atoms with Gasteiger partial charge >= 0.3 is 17.9 Å². The number of hydrogen-bond acceptors (Lipinski definition) is 19. The summed E-state index contributed by atoms with van der Waals surface area (Å²) in [6.45, 7) is 8.65. The van der Waals surface area contributed by atoms with Gasteiger partial charge in [-0.1, -0.05) is 62.4 Å². The molecule has 0 aromatic carbocycles. The molecule has 5 aliphatic rings. The second-order valence-electron chi connectivity index (χ2n) is 28.3. The summed E-state index contributed by atoms with van der Waals surface area (Å²) in [6, 6.07) is 61.7. The third kappa shape index (κ3) is 19.6. The zero-order valence-corrected chi connectivity index (χ0v) is 65.2. The fourth-order valence-corrected chi connectivity index (χ4v) is 16.3. The maximum Gasteiger partial charge on any atom is 0.331 e. The number of pyridine rings is 12. The van der Waals surface area contributed by atoms with E-state index in [0.29, 0.717) is 25.0 Å². The van der Waals surface area contributed by atoms with Gasteiger partial charge in [0, 0.05) is 125 Å². The molecule has 13 heterocycles. The monoisotopic (exact) mass is 1640 g/mol. The van der Waals surface area contributed by atoms with E-state index in [1.54, 1.807) is 80.4 Å². The van der Waals surface area contributed by atoms with Crippen LogP contribution in [0.25, 0.3) is 68.3 Å². The zero-order chi connectivity index (χ0) is 74.7. The first-order chi connectivity index (χ1) is 52.7. The molecule has 12 aromatic heterocycles. The van der Waals surface area contributed by atoms with Crippen LogP contribution < -0.4 is 0 Å². The van der Waals surface area contributed by atoms with Crippen molar-refractivity contribution in [1.82, 2.24) is 59.8 Å². The molecule has 110 heavy (non-hydrogen) atoms. The van der Waals surface area contributed by atoms with Crippen molar-refractivity contribution in [2.45, 2.75) is 110 Å². The smallest absolute Gasteiger partial charge is 0.331 e. The first kappa shape index (κ1) is 80.2. The number of hydrogen-bond donors (Lipinski definition) is 1. The number of cyclic esters (lactones) is 1. The Morgan fingerprint density at radius 3 is 1.14 bits per heavy atom. The Bertz CT molecular complexity index is 4530. The van der Waals surface area contributed by atoms with Crippen molar-refractivity contribution >= 4 is 17.9 Å². The molecule has 1 aliphatic heterocycles. The molecular formula is C89H86N12O7Ru2. The number of esters is 3. The SMILES string of the molecule is Cc1ccnc(-c2cc(CC(=O)OC3CCC4(C)C(CCC5C4CC(OC(=O)Cc4ccnc(-c6cc(C)ccn6)c4)C4(C)C(C6=CC(=O)OC6)CCC54O)C3)ccn2)c1.[Ru].[Ru].c1ccc(-c2ccccn2)nc1.c1ccc(-c2ccccn2)nc1.c1ccc(-c2ccccn2)nc1.c1ccc(-c2ccccn2)nc1. The predicted octanol–water partition coefficient (Wildman–Crippen LogP) is 16.3. The number of aliphatic hydroxyl groups is 1. The normalized spacial score (nSPS) is 21.6. The first-order valence-electron chi connectivity index (χ1n) is 36.7. The van der Waals surface area contributed by atoms with Crippen LogP contribution in [-0.4, -0.2) is 107 Å². The van der Waals surface area contributed by atoms with Crippen molar-refractivity contribution in [2.75, 3.05) is 6.61 Å². The van der Waals surface area contributed by atoms with Gasteiger partial charge in [0.2, 0.25) is 0 Å². The van der Waals surface area contributed by atoms with Gasteiger partial charge in [-0.05, 0) is 268 Å². The fourth-order valence-electron chi connectivity index (χ4n) is 16.3. The Balaban J connectivity index is 0.000000189. The number of rotatable bonds is 13. The maximum atomic E-state index is 14.1. The van der Waals surface area contributed by atoms with Crippen molar-refractivity contribution in [3.8, 4) is 68.3 Å². The topological polar surface area (TPSA) is 254 Å². The first-order valence-corrected chi connectivity index (χ1v) is 36.7. The summed E-state index contributed by atoms with van der Waals surface area (Å²) in [6.07, 6.45) is 28.0. The van der Waals surface area contributed by atoms with Crippen LogP contribution in [0.15, 0.2) is 280 Å². The van der Waals surface area contributed by atoms with Crippen LogP contribution >= 0.6 is 0 Å². The number of ether oxygens (including phenoxy) is 3. The summed E-state index contributed by atoms with van der Waals surface area (Å²) in [5.41, 5.74) is 12.8. The largest absolute Gasteiger partial charge is 0.462 e. The molecule has 4 fully saturated rings. The molecular weight excluding hydrogens is 1550 g/mol. The Labute approximate surface area is 667 Å². The maximum absolute atomic E-state index is 14.1. The van der Waals surface area contributed by atoms with Crippen LogP contribution in [-0.2, 0) is 80.4 Å². The molecule has 0 radical (unpaired) electrons. The van der Waals surface area contributed by atoms with Gasteiger partial charge in [-0.25, -0.2) is 4.79 Å². The van der Waals surface area contributed by atoms with Crippen molar-refractivity contribution in [3.05, 3.63) is 302 Å². The van der Waals surface area contributed by atoms with Crippen LogP contribution in [0.2, 0.25) is 0 Å². The molecule has 17 rings (SSSR count). The number of nitrogens with zero attached hydrogens (tertiary/aromatic N) is 12. The number of fused-ring (bicyclic) bond motifs is 5. The second kappa shape index (κ2) is 38.0. The van der Waals surface area contributed by atoms with E-state index in [-0.39, 0.29) is 112 Å². The van der Waals surface area contributed by atoms with Gasteiger partial charge in [-0.2, -0.15) is 0 Å². The van der Waals surface area contributed by atoms with Crippen LogP contribution in [0, 0.1) is 48.3 Å². The van der Waals surface area contributed by atoms with E-state index < -0.39 is 17.1 Å². The molecule has 0 bridgehead atoms. The third-order valence-corrected chi connectivity index (χ3v) is 21.6. The molecule has 0 spiro atoms. The Morgan fingerprint density at radius 2 is 0.782 bits per heavy atom. The van der Waals surface area contributed by atoms with Crippen molar-refractivity contribution in [3.63, 3.8) is 0 Å². The standard InChI is InChI=1S/C49H54N4O7.4C10H8N2.2Ru/c1-29-9-15-50-39(19-29)41-21-31(11-17-52-41)23-45(55)59-35-7-13-47(3)34(26-35)5-6-37-38(47)27-43(48(4)36(8-14-49(37,48)57)33-25-44(54)58-28-33)60-46(56)24-32-12-18-53-42(22-32)40-20-30(2)10-16-51-40;4*1-3-7-11-9(5-1)10-6-2-4-8-12-10;;/h9-12,15-22,25,34-38,43,57H,5-8,13-14,23-24,26-28H2,1-4H3;4*1-8H;;. The van der Waals surface area contributed by atoms with E-state index >= 15 is 0 Å². The summed E-state index contributed by atoms with van der Waals surface area (Å²) < 4.78 is 18.2. The Hall–Kier alpha value is -10.8. The summed E-state index contributed by atoms with van der Waals surface area (Å²) in [4.78, 5) is 91.3. The van der Waals surface area contributed by atoms with Crippen molar-refractivity contribution in [1.29, 1.82) is 0 Å². The average Bonchev–Trinajstić information content (AvgIpc) is 1.40. The van der Waals surface area contributed by atoms with E-state index in [1.807, 2.05) is 208 Å². The molecule has 9 unspecified atom stereocenters. The van der Waals surface area contributed by atoms with E-state index in [4.69, 9.17) is 14.2 Å². The van der Waals surface area contributed by atoms with Crippen molar-refractivity contribution < 1.29 is 72.7 Å². The van der Waals surface area contributed by atoms with Gasteiger partial charge in [-0.3, -0.25) is 69.4 Å². The molecule has 9 atom stereocenters. The van der Waals surface area contributed by atoms with E-state index in [1.165, 1.54) is 0 Å². The minimum absolute atomic E-state index is 0. The minimum atomic E-state index is -1.12. The van der Waals surface area contributed by atoms with Gasteiger partial charge in [-0.15, -0.1) is 0 Å². The predicted molar refractivity (Wildman–Crippen MR) is 413 cm³/mol. The molecule has 4 saturated carbocycles. The molecule has 4 aliphatic carbocycles. The van der Waals surface area contributed by atoms with Gasteiger partial charge in [0.25, 0.3) is 0 Å². The van der Waals surface area contributed by atoms with Crippen LogP contribution in [0.3, 0.4) is 0 Å². The minimum Gasteiger partial charge on any atom is -0.462 e. The van der Waals surface area contributed by atoms with Gasteiger partial charge < -0.3 is 19.3 Å². The van der Waals surface area contributed by atoms with Gasteiger partial charge in [0.05, 0.1) is 86.8 Å². The second-order valence-corrected chi connectivity index (χ2v) is 28.3. The van der Waals surface area contributed by atoms with E-state index in [0.717, 1.165) is 123 Å². The summed E-state index contributed by atoms with van der Waals surface area (Å²) in [5, 5.41) is 13.2. The van der Waals surface area contributed by atoms with E-state index in [2.05, 4.69) is 73.7 Å². The van der Waals surface area contributed by atoms with Gasteiger partial charge in [0.15, 0.2) is 0 Å². The zero-order valence-electron chi connectivity index (χ0n) is 61.7. The van der Waals surface area contributed by atoms with Gasteiger partial charge in [0.1, 0.15) is 18.8 Å². The molecule has 12 aromatic rings. The molecule has 560 valence electrons. The Morgan fingerprint density at radius 1 is 0.418 bits per heavy atom. The summed E-state index contributed by atoms with van der Waals surface area (Å²) in [5.74, 6) is -0.784.